The first kappa shape index (κ1) is 13.9. The second kappa shape index (κ2) is 6.11. The van der Waals surface area contributed by atoms with E-state index in [1.807, 2.05) is 0 Å². The van der Waals surface area contributed by atoms with Crippen LogP contribution >= 0.6 is 11.3 Å². The molecule has 1 heterocycles. The molecule has 2 aromatic rings. The molecular weight excluding hydrogens is 285 g/mol. The molecule has 0 fully saturated rings. The Morgan fingerprint density at radius 1 is 1.45 bits per heavy atom. The van der Waals surface area contributed by atoms with E-state index in [4.69, 9.17) is 15.7 Å². The molecule has 0 radical (unpaired) electrons. The summed E-state index contributed by atoms with van der Waals surface area (Å²) in [5.41, 5.74) is 5.90. The number of aliphatic carboxylic acids is 1. The van der Waals surface area contributed by atoms with Crippen LogP contribution in [-0.2, 0) is 16.2 Å². The number of carboxylic acid groups (broad SMARTS) is 1. The van der Waals surface area contributed by atoms with Gasteiger partial charge in [0.2, 0.25) is 5.71 Å². The molecule has 8 heteroatoms. The second-order valence-electron chi connectivity index (χ2n) is 3.72. The Labute approximate surface area is 117 Å². The Bertz CT molecular complexity index is 640. The number of anilines is 1. The van der Waals surface area contributed by atoms with E-state index in [1.165, 1.54) is 29.6 Å². The fourth-order valence-electron chi connectivity index (χ4n) is 1.34. The summed E-state index contributed by atoms with van der Waals surface area (Å²) in [5, 5.41) is 14.3. The van der Waals surface area contributed by atoms with Crippen molar-refractivity contribution < 1.29 is 19.1 Å². The number of carboxylic acids is 1. The number of oxime groups is 1. The number of nitrogens with zero attached hydrogens (tertiary/aromatic N) is 2. The number of benzene rings is 1. The summed E-state index contributed by atoms with van der Waals surface area (Å²) in [5.74, 6) is -1.63. The van der Waals surface area contributed by atoms with Gasteiger partial charge in [-0.25, -0.2) is 14.2 Å². The monoisotopic (exact) mass is 295 g/mol. The molecule has 0 aliphatic carbocycles. The number of hydrogen-bond donors (Lipinski definition) is 2. The highest BCUT2D eigenvalue weighted by Gasteiger charge is 2.16. The zero-order valence-electron chi connectivity index (χ0n) is 10.1. The predicted octanol–water partition coefficient (Wildman–Crippen LogP) is 1.87. The van der Waals surface area contributed by atoms with Crippen LogP contribution in [0.4, 0.5) is 9.52 Å². The number of aromatic nitrogens is 1. The molecule has 0 bridgehead atoms. The molecule has 1 aromatic carbocycles. The van der Waals surface area contributed by atoms with Crippen LogP contribution < -0.4 is 5.73 Å². The molecule has 0 amide bonds. The normalized spacial score (nSPS) is 11.3. The second-order valence-corrected chi connectivity index (χ2v) is 4.61. The number of halogens is 1. The van der Waals surface area contributed by atoms with Crippen molar-refractivity contribution in [1.29, 1.82) is 0 Å². The third-order valence-corrected chi connectivity index (χ3v) is 2.94. The maximum atomic E-state index is 12.7. The zero-order chi connectivity index (χ0) is 14.5. The maximum Gasteiger partial charge on any atom is 0.360 e. The summed E-state index contributed by atoms with van der Waals surface area (Å²) in [7, 11) is 0. The van der Waals surface area contributed by atoms with E-state index in [1.54, 1.807) is 0 Å². The largest absolute Gasteiger partial charge is 0.476 e. The standard InChI is InChI=1S/C12H10FN3O3S/c13-8-3-1-7(2-4-8)5-19-16-10(11(17)18)9-6-20-12(14)15-9/h1-4,6H,5H2,(H2,14,15)(H,17,18)/b16-10+. The molecule has 2 rings (SSSR count). The molecule has 6 nitrogen and oxygen atoms in total. The van der Waals surface area contributed by atoms with Gasteiger partial charge in [-0.15, -0.1) is 11.3 Å². The number of carbonyl (C=O) groups is 1. The number of nitrogen functional groups attached to an aromatic ring is 1. The first-order valence-corrected chi connectivity index (χ1v) is 6.33. The van der Waals surface area contributed by atoms with Gasteiger partial charge in [0.25, 0.3) is 0 Å². The molecule has 104 valence electrons. The number of thiazole rings is 1. The smallest absolute Gasteiger partial charge is 0.360 e. The summed E-state index contributed by atoms with van der Waals surface area (Å²) in [6, 6.07) is 5.60. The average Bonchev–Trinajstić information content (AvgIpc) is 2.82. The zero-order valence-corrected chi connectivity index (χ0v) is 10.9. The van der Waals surface area contributed by atoms with Gasteiger partial charge in [0.1, 0.15) is 18.1 Å². The van der Waals surface area contributed by atoms with Crippen LogP contribution in [0, 0.1) is 5.82 Å². The van der Waals surface area contributed by atoms with Crippen LogP contribution in [0.15, 0.2) is 34.8 Å². The van der Waals surface area contributed by atoms with Crippen LogP contribution in [0.3, 0.4) is 0 Å². The Hall–Kier alpha value is -2.48. The molecule has 3 N–H and O–H groups in total. The van der Waals surface area contributed by atoms with Gasteiger partial charge in [-0.3, -0.25) is 0 Å². The van der Waals surface area contributed by atoms with Gasteiger partial charge in [0.15, 0.2) is 5.13 Å². The fourth-order valence-corrected chi connectivity index (χ4v) is 1.89. The number of hydrogen-bond acceptors (Lipinski definition) is 6. The third-order valence-electron chi connectivity index (χ3n) is 2.27. The van der Waals surface area contributed by atoms with Crippen molar-refractivity contribution in [3.05, 3.63) is 46.7 Å². The van der Waals surface area contributed by atoms with E-state index in [-0.39, 0.29) is 29.0 Å². The lowest BCUT2D eigenvalue weighted by atomic mass is 10.2. The highest BCUT2D eigenvalue weighted by molar-refractivity contribution is 7.13. The van der Waals surface area contributed by atoms with Crippen LogP contribution in [0.5, 0.6) is 0 Å². The summed E-state index contributed by atoms with van der Waals surface area (Å²) in [6.45, 7) is 0.0245. The number of nitrogens with two attached hydrogens (primary N) is 1. The third kappa shape index (κ3) is 3.51. The minimum Gasteiger partial charge on any atom is -0.476 e. The van der Waals surface area contributed by atoms with Crippen molar-refractivity contribution in [2.24, 2.45) is 5.16 Å². The Morgan fingerprint density at radius 3 is 2.70 bits per heavy atom. The van der Waals surface area contributed by atoms with Gasteiger partial charge in [-0.2, -0.15) is 0 Å². The molecule has 1 aromatic heterocycles. The van der Waals surface area contributed by atoms with Crippen molar-refractivity contribution >= 4 is 28.1 Å². The summed E-state index contributed by atoms with van der Waals surface area (Å²) >= 11 is 1.11. The fraction of sp³-hybridized carbons (Fsp3) is 0.0833. The van der Waals surface area contributed by atoms with E-state index in [2.05, 4.69) is 10.1 Å². The maximum absolute atomic E-state index is 12.7. The first-order valence-electron chi connectivity index (χ1n) is 5.45. The van der Waals surface area contributed by atoms with Crippen LogP contribution in [0.1, 0.15) is 11.3 Å². The topological polar surface area (TPSA) is 97.8 Å². The highest BCUT2D eigenvalue weighted by Crippen LogP contribution is 2.13. The van der Waals surface area contributed by atoms with Crippen molar-refractivity contribution in [3.63, 3.8) is 0 Å². The van der Waals surface area contributed by atoms with Gasteiger partial charge < -0.3 is 15.7 Å². The SMILES string of the molecule is Nc1nc(/C(=N\OCc2ccc(F)cc2)C(=O)O)cs1. The van der Waals surface area contributed by atoms with Gasteiger partial charge in [0.05, 0.1) is 0 Å². The van der Waals surface area contributed by atoms with Crippen LogP contribution in [0.2, 0.25) is 0 Å². The van der Waals surface area contributed by atoms with E-state index >= 15 is 0 Å². The van der Waals surface area contributed by atoms with Gasteiger partial charge >= 0.3 is 5.97 Å². The van der Waals surface area contributed by atoms with Crippen molar-refractivity contribution in [2.75, 3.05) is 5.73 Å². The quantitative estimate of drug-likeness (QED) is 0.648. The summed E-state index contributed by atoms with van der Waals surface area (Å²) in [4.78, 5) is 19.8. The summed E-state index contributed by atoms with van der Waals surface area (Å²) in [6.07, 6.45) is 0. The van der Waals surface area contributed by atoms with E-state index in [9.17, 15) is 9.18 Å². The lowest BCUT2D eigenvalue weighted by Crippen LogP contribution is -2.15. The minimum absolute atomic E-state index is 0.0245. The molecule has 0 aliphatic heterocycles. The molecule has 0 aliphatic rings. The van der Waals surface area contributed by atoms with Gasteiger partial charge in [0, 0.05) is 5.38 Å². The first-order chi connectivity index (χ1) is 9.56. The van der Waals surface area contributed by atoms with Crippen molar-refractivity contribution in [1.82, 2.24) is 4.98 Å². The molecule has 0 spiro atoms. The van der Waals surface area contributed by atoms with E-state index in [0.29, 0.717) is 5.56 Å². The molecule has 20 heavy (non-hydrogen) atoms. The Morgan fingerprint density at radius 2 is 2.15 bits per heavy atom. The minimum atomic E-state index is -1.27. The molecule has 0 atom stereocenters. The van der Waals surface area contributed by atoms with Crippen molar-refractivity contribution in [2.45, 2.75) is 6.61 Å². The Kier molecular flexibility index (Phi) is 4.26. The number of rotatable bonds is 5. The van der Waals surface area contributed by atoms with Crippen LogP contribution in [-0.4, -0.2) is 21.8 Å². The molecular formula is C12H10FN3O3S. The van der Waals surface area contributed by atoms with Crippen molar-refractivity contribution in [3.8, 4) is 0 Å². The molecule has 0 saturated heterocycles. The van der Waals surface area contributed by atoms with Crippen LogP contribution in [0.25, 0.3) is 0 Å². The lowest BCUT2D eigenvalue weighted by Gasteiger charge is -2.01. The predicted molar refractivity (Wildman–Crippen MR) is 71.9 cm³/mol. The van der Waals surface area contributed by atoms with Gasteiger partial charge in [-0.05, 0) is 17.7 Å². The highest BCUT2D eigenvalue weighted by atomic mass is 32.1. The van der Waals surface area contributed by atoms with Gasteiger partial charge in [-0.1, -0.05) is 17.3 Å². The average molecular weight is 295 g/mol. The molecule has 0 saturated carbocycles. The Balaban J connectivity index is 2.07. The summed E-state index contributed by atoms with van der Waals surface area (Å²) < 4.78 is 12.7. The van der Waals surface area contributed by atoms with E-state index < -0.39 is 5.97 Å². The van der Waals surface area contributed by atoms with E-state index in [0.717, 1.165) is 11.3 Å². The lowest BCUT2D eigenvalue weighted by molar-refractivity contribution is -0.129. The molecule has 0 unspecified atom stereocenters.